The molecule has 0 spiro atoms. The molecule has 1 fully saturated rings. The maximum absolute atomic E-state index is 14.9. The molecule has 1 aromatic carbocycles. The molecule has 1 unspecified atom stereocenters. The summed E-state index contributed by atoms with van der Waals surface area (Å²) in [4.78, 5) is 28.8. The Bertz CT molecular complexity index is 1450. The maximum Gasteiger partial charge on any atom is 0.279 e. The van der Waals surface area contributed by atoms with Crippen molar-refractivity contribution in [3.8, 4) is 17.0 Å². The van der Waals surface area contributed by atoms with E-state index in [1.54, 1.807) is 37.0 Å². The van der Waals surface area contributed by atoms with Crippen molar-refractivity contribution in [1.82, 2.24) is 29.3 Å². The zero-order valence-corrected chi connectivity index (χ0v) is 19.8. The third-order valence-electron chi connectivity index (χ3n) is 5.97. The van der Waals surface area contributed by atoms with Gasteiger partial charge in [0.15, 0.2) is 11.3 Å². The number of benzene rings is 1. The van der Waals surface area contributed by atoms with Crippen LogP contribution in [0.5, 0.6) is 5.75 Å². The highest BCUT2D eigenvalue weighted by molar-refractivity contribution is 6.30. The van der Waals surface area contributed by atoms with Crippen LogP contribution >= 0.6 is 11.6 Å². The molecule has 1 atom stereocenters. The second-order valence-electron chi connectivity index (χ2n) is 8.39. The van der Waals surface area contributed by atoms with Crippen LogP contribution in [0.15, 0.2) is 35.4 Å². The van der Waals surface area contributed by atoms with Crippen LogP contribution in [-0.2, 0) is 14.1 Å². The van der Waals surface area contributed by atoms with E-state index < -0.39 is 5.82 Å². The molecule has 0 saturated carbocycles. The zero-order valence-electron chi connectivity index (χ0n) is 19.0. The summed E-state index contributed by atoms with van der Waals surface area (Å²) in [6.07, 6.45) is 5.09. The first-order chi connectivity index (χ1) is 16.3. The third-order valence-corrected chi connectivity index (χ3v) is 6.20. The van der Waals surface area contributed by atoms with Crippen LogP contribution in [0, 0.1) is 12.7 Å². The standard InChI is InChI=1S/C23H23ClFN7O2/c1-13-27-20-19(17-7-6-14(24)9-18(17)25)28-23(29-21(20)22(33)31(13)3)32-8-4-5-15(12-32)34-16-10-26-30(2)11-16/h6-7,9-11,15H,4-5,8,12H2,1-3H3. The minimum atomic E-state index is -0.546. The number of hydrogen-bond donors (Lipinski definition) is 0. The molecule has 34 heavy (non-hydrogen) atoms. The van der Waals surface area contributed by atoms with Gasteiger partial charge in [-0.25, -0.2) is 19.3 Å². The molecule has 9 nitrogen and oxygen atoms in total. The van der Waals surface area contributed by atoms with Crippen LogP contribution in [-0.4, -0.2) is 48.5 Å². The second kappa shape index (κ2) is 8.68. The first kappa shape index (κ1) is 22.3. The van der Waals surface area contributed by atoms with Gasteiger partial charge in [0.1, 0.15) is 29.0 Å². The molecule has 0 amide bonds. The number of ether oxygens (including phenoxy) is 1. The summed E-state index contributed by atoms with van der Waals surface area (Å²) >= 11 is 5.96. The number of rotatable bonds is 4. The molecule has 5 rings (SSSR count). The molecule has 176 valence electrons. The SMILES string of the molecule is Cc1nc2c(-c3ccc(Cl)cc3F)nc(N3CCCC(Oc4cnn(C)c4)C3)nc2c(=O)n1C. The van der Waals surface area contributed by atoms with Crippen molar-refractivity contribution in [2.24, 2.45) is 14.1 Å². The van der Waals surface area contributed by atoms with Gasteiger partial charge in [-0.2, -0.15) is 5.10 Å². The summed E-state index contributed by atoms with van der Waals surface area (Å²) in [5.41, 5.74) is 0.536. The van der Waals surface area contributed by atoms with Gasteiger partial charge < -0.3 is 9.64 Å². The Morgan fingerprint density at radius 2 is 2.00 bits per heavy atom. The minimum Gasteiger partial charge on any atom is -0.485 e. The largest absolute Gasteiger partial charge is 0.485 e. The first-order valence-corrected chi connectivity index (χ1v) is 11.3. The van der Waals surface area contributed by atoms with E-state index in [1.165, 1.54) is 10.6 Å². The van der Waals surface area contributed by atoms with Gasteiger partial charge >= 0.3 is 0 Å². The molecule has 1 aliphatic heterocycles. The quantitative estimate of drug-likeness (QED) is 0.440. The number of aromatic nitrogens is 6. The Balaban J connectivity index is 1.60. The number of aryl methyl sites for hydroxylation is 2. The molecule has 4 aromatic rings. The molecule has 11 heteroatoms. The Labute approximate surface area is 199 Å². The lowest BCUT2D eigenvalue weighted by Gasteiger charge is -2.32. The smallest absolute Gasteiger partial charge is 0.279 e. The summed E-state index contributed by atoms with van der Waals surface area (Å²) in [5, 5.41) is 4.41. The highest BCUT2D eigenvalue weighted by Gasteiger charge is 2.26. The summed E-state index contributed by atoms with van der Waals surface area (Å²) in [5.74, 6) is 0.952. The molecule has 1 aliphatic rings. The van der Waals surface area contributed by atoms with Crippen LogP contribution in [0.2, 0.25) is 5.02 Å². The molecular formula is C23H23ClFN7O2. The van der Waals surface area contributed by atoms with Crippen molar-refractivity contribution >= 4 is 28.6 Å². The van der Waals surface area contributed by atoms with Crippen molar-refractivity contribution in [3.05, 3.63) is 57.6 Å². The fourth-order valence-electron chi connectivity index (χ4n) is 4.12. The Morgan fingerprint density at radius 1 is 1.18 bits per heavy atom. The van der Waals surface area contributed by atoms with Crippen molar-refractivity contribution in [2.45, 2.75) is 25.9 Å². The number of piperidine rings is 1. The van der Waals surface area contributed by atoms with Crippen molar-refractivity contribution in [3.63, 3.8) is 0 Å². The summed E-state index contributed by atoms with van der Waals surface area (Å²) in [6, 6.07) is 4.35. The van der Waals surface area contributed by atoms with Gasteiger partial charge in [-0.05, 0) is 38.0 Å². The number of anilines is 1. The van der Waals surface area contributed by atoms with Crippen molar-refractivity contribution in [1.29, 1.82) is 0 Å². The van der Waals surface area contributed by atoms with Crippen molar-refractivity contribution in [2.75, 3.05) is 18.0 Å². The van der Waals surface area contributed by atoms with Gasteiger partial charge in [0.25, 0.3) is 5.56 Å². The highest BCUT2D eigenvalue weighted by atomic mass is 35.5. The molecule has 3 aromatic heterocycles. The summed E-state index contributed by atoms with van der Waals surface area (Å²) < 4.78 is 24.1. The number of hydrogen-bond acceptors (Lipinski definition) is 7. The lowest BCUT2D eigenvalue weighted by Crippen LogP contribution is -2.42. The molecule has 0 N–H and O–H groups in total. The third kappa shape index (κ3) is 4.09. The maximum atomic E-state index is 14.9. The summed E-state index contributed by atoms with van der Waals surface area (Å²) in [6.45, 7) is 2.91. The number of halogens is 2. The molecule has 0 radical (unpaired) electrons. The van der Waals surface area contributed by atoms with Crippen LogP contribution in [0.4, 0.5) is 10.3 Å². The van der Waals surface area contributed by atoms with Gasteiger partial charge in [0.05, 0.1) is 18.9 Å². The molecule has 0 aliphatic carbocycles. The molecule has 0 bridgehead atoms. The monoisotopic (exact) mass is 483 g/mol. The van der Waals surface area contributed by atoms with E-state index in [1.807, 2.05) is 18.1 Å². The van der Waals surface area contributed by atoms with Crippen LogP contribution in [0.3, 0.4) is 0 Å². The van der Waals surface area contributed by atoms with Gasteiger partial charge in [-0.3, -0.25) is 14.0 Å². The predicted octanol–water partition coefficient (Wildman–Crippen LogP) is 3.27. The van der Waals surface area contributed by atoms with Gasteiger partial charge in [0, 0.05) is 31.2 Å². The van der Waals surface area contributed by atoms with Crippen molar-refractivity contribution < 1.29 is 9.13 Å². The lowest BCUT2D eigenvalue weighted by atomic mass is 10.1. The first-order valence-electron chi connectivity index (χ1n) is 10.9. The van der Waals surface area contributed by atoms with E-state index in [-0.39, 0.29) is 39.0 Å². The minimum absolute atomic E-state index is 0.105. The van der Waals surface area contributed by atoms with E-state index in [9.17, 15) is 9.18 Å². The van der Waals surface area contributed by atoms with Gasteiger partial charge in [-0.15, -0.1) is 0 Å². The second-order valence-corrected chi connectivity index (χ2v) is 8.83. The highest BCUT2D eigenvalue weighted by Crippen LogP contribution is 2.30. The molecule has 1 saturated heterocycles. The van der Waals surface area contributed by atoms with Crippen LogP contribution in [0.25, 0.3) is 22.3 Å². The van der Waals surface area contributed by atoms with Gasteiger partial charge in [-0.1, -0.05) is 11.6 Å². The fraction of sp³-hybridized carbons (Fsp3) is 0.348. The van der Waals surface area contributed by atoms with E-state index >= 15 is 0 Å². The van der Waals surface area contributed by atoms with Crippen LogP contribution < -0.4 is 15.2 Å². The molecular weight excluding hydrogens is 461 g/mol. The predicted molar refractivity (Wildman–Crippen MR) is 127 cm³/mol. The zero-order chi connectivity index (χ0) is 24.0. The fourth-order valence-corrected chi connectivity index (χ4v) is 4.28. The average Bonchev–Trinajstić information content (AvgIpc) is 3.22. The number of nitrogens with zero attached hydrogens (tertiary/aromatic N) is 7. The van der Waals surface area contributed by atoms with E-state index in [2.05, 4.69) is 15.1 Å². The van der Waals surface area contributed by atoms with Crippen LogP contribution in [0.1, 0.15) is 18.7 Å². The van der Waals surface area contributed by atoms with E-state index in [0.717, 1.165) is 12.8 Å². The Kier molecular flexibility index (Phi) is 5.68. The van der Waals surface area contributed by atoms with E-state index in [0.29, 0.717) is 30.6 Å². The molecule has 4 heterocycles. The Hall–Kier alpha value is -3.53. The topological polar surface area (TPSA) is 91.0 Å². The van der Waals surface area contributed by atoms with E-state index in [4.69, 9.17) is 21.3 Å². The lowest BCUT2D eigenvalue weighted by molar-refractivity contribution is 0.178. The average molecular weight is 484 g/mol. The normalized spacial score (nSPS) is 16.3. The summed E-state index contributed by atoms with van der Waals surface area (Å²) in [7, 11) is 3.46. The Morgan fingerprint density at radius 3 is 2.74 bits per heavy atom. The van der Waals surface area contributed by atoms with Gasteiger partial charge in [0.2, 0.25) is 5.95 Å². The number of fused-ring (bicyclic) bond motifs is 1.